The van der Waals surface area contributed by atoms with Gasteiger partial charge in [-0.15, -0.1) is 0 Å². The smallest absolute Gasteiger partial charge is 0.308 e. The largest absolute Gasteiger partial charge is 0.494 e. The second-order valence-electron chi connectivity index (χ2n) is 8.75. The van der Waals surface area contributed by atoms with Crippen molar-refractivity contribution in [2.45, 2.75) is 46.1 Å². The van der Waals surface area contributed by atoms with E-state index in [9.17, 15) is 9.59 Å². The Morgan fingerprint density at radius 1 is 0.865 bits per heavy atom. The summed E-state index contributed by atoms with van der Waals surface area (Å²) in [5, 5.41) is 8.84. The standard InChI is InChI=1S/C30H32N2O5/c1-22(2)32(25-10-6-4-7-11-25)30(34)28-17-16-27(20-29(28)37-23(3)33)36-19-9-5-8-18-35-26-14-12-24(21-31)13-15-26/h4,6-7,10-17,20,22H,5,8-9,18-19H2,1-3H3. The Balaban J connectivity index is 1.56. The summed E-state index contributed by atoms with van der Waals surface area (Å²) >= 11 is 0. The number of nitrogens with zero attached hydrogens (tertiary/aromatic N) is 2. The molecule has 0 bridgehead atoms. The van der Waals surface area contributed by atoms with E-state index >= 15 is 0 Å². The maximum atomic E-state index is 13.5. The van der Waals surface area contributed by atoms with Crippen LogP contribution in [0.2, 0.25) is 0 Å². The molecule has 3 rings (SSSR count). The predicted octanol–water partition coefficient (Wildman–Crippen LogP) is 6.17. The predicted molar refractivity (Wildman–Crippen MR) is 142 cm³/mol. The van der Waals surface area contributed by atoms with Crippen LogP contribution in [-0.2, 0) is 4.79 Å². The van der Waals surface area contributed by atoms with Gasteiger partial charge < -0.3 is 19.1 Å². The van der Waals surface area contributed by atoms with Crippen LogP contribution in [-0.4, -0.2) is 31.1 Å². The lowest BCUT2D eigenvalue weighted by Gasteiger charge is -2.27. The van der Waals surface area contributed by atoms with E-state index in [1.54, 1.807) is 47.4 Å². The molecule has 1 amide bonds. The number of para-hydroxylation sites is 1. The topological polar surface area (TPSA) is 88.9 Å². The fraction of sp³-hybridized carbons (Fsp3) is 0.300. The summed E-state index contributed by atoms with van der Waals surface area (Å²) < 4.78 is 16.9. The van der Waals surface area contributed by atoms with Crippen LogP contribution in [0.4, 0.5) is 5.69 Å². The minimum absolute atomic E-state index is 0.100. The van der Waals surface area contributed by atoms with Crippen molar-refractivity contribution in [3.05, 3.63) is 83.9 Å². The first-order chi connectivity index (χ1) is 17.9. The van der Waals surface area contributed by atoms with Crippen LogP contribution in [0.15, 0.2) is 72.8 Å². The van der Waals surface area contributed by atoms with Gasteiger partial charge in [0.05, 0.1) is 30.4 Å². The summed E-state index contributed by atoms with van der Waals surface area (Å²) in [6, 6.07) is 23.4. The van der Waals surface area contributed by atoms with E-state index in [1.165, 1.54) is 6.92 Å². The first-order valence-electron chi connectivity index (χ1n) is 12.4. The Kier molecular flexibility index (Phi) is 10.1. The number of ether oxygens (including phenoxy) is 3. The van der Waals surface area contributed by atoms with Gasteiger partial charge in [-0.2, -0.15) is 5.26 Å². The van der Waals surface area contributed by atoms with Gasteiger partial charge >= 0.3 is 5.97 Å². The molecule has 0 N–H and O–H groups in total. The highest BCUT2D eigenvalue weighted by Gasteiger charge is 2.24. The molecular weight excluding hydrogens is 468 g/mol. The zero-order valence-electron chi connectivity index (χ0n) is 21.5. The average molecular weight is 501 g/mol. The number of benzene rings is 3. The number of nitriles is 1. The molecule has 0 radical (unpaired) electrons. The van der Waals surface area contributed by atoms with Crippen molar-refractivity contribution in [1.82, 2.24) is 0 Å². The molecule has 0 unspecified atom stereocenters. The summed E-state index contributed by atoms with van der Waals surface area (Å²) in [5.74, 6) is 0.673. The van der Waals surface area contributed by atoms with Gasteiger partial charge in [0.25, 0.3) is 5.91 Å². The Labute approximate surface area is 218 Å². The fourth-order valence-electron chi connectivity index (χ4n) is 3.76. The lowest BCUT2D eigenvalue weighted by atomic mass is 10.1. The summed E-state index contributed by atoms with van der Waals surface area (Å²) in [7, 11) is 0. The number of anilines is 1. The van der Waals surface area contributed by atoms with Crippen LogP contribution < -0.4 is 19.1 Å². The zero-order valence-corrected chi connectivity index (χ0v) is 21.5. The van der Waals surface area contributed by atoms with Crippen molar-refractivity contribution in [2.24, 2.45) is 0 Å². The second kappa shape index (κ2) is 13.7. The number of amides is 1. The monoisotopic (exact) mass is 500 g/mol. The van der Waals surface area contributed by atoms with Gasteiger partial charge in [0.15, 0.2) is 0 Å². The lowest BCUT2D eigenvalue weighted by molar-refractivity contribution is -0.131. The normalized spacial score (nSPS) is 10.5. The van der Waals surface area contributed by atoms with Crippen LogP contribution in [0.1, 0.15) is 56.0 Å². The highest BCUT2D eigenvalue weighted by Crippen LogP contribution is 2.29. The summed E-state index contributed by atoms with van der Waals surface area (Å²) in [6.07, 6.45) is 2.58. The number of esters is 1. The molecule has 0 heterocycles. The molecule has 0 aliphatic carbocycles. The van der Waals surface area contributed by atoms with Crippen molar-refractivity contribution >= 4 is 17.6 Å². The van der Waals surface area contributed by atoms with Gasteiger partial charge in [0, 0.05) is 24.7 Å². The van der Waals surface area contributed by atoms with Crippen molar-refractivity contribution in [2.75, 3.05) is 18.1 Å². The number of carbonyl (C=O) groups excluding carboxylic acids is 2. The third-order valence-electron chi connectivity index (χ3n) is 5.52. The lowest BCUT2D eigenvalue weighted by Crippen LogP contribution is -2.37. The molecule has 7 heteroatoms. The van der Waals surface area contributed by atoms with Crippen molar-refractivity contribution in [3.8, 4) is 23.3 Å². The highest BCUT2D eigenvalue weighted by molar-refractivity contribution is 6.08. The summed E-state index contributed by atoms with van der Waals surface area (Å²) in [6.45, 7) is 6.23. The quantitative estimate of drug-likeness (QED) is 0.168. The molecule has 0 atom stereocenters. The van der Waals surface area contributed by atoms with Gasteiger partial charge in [-0.25, -0.2) is 0 Å². The van der Waals surface area contributed by atoms with E-state index in [-0.39, 0.29) is 17.7 Å². The Bertz CT molecular complexity index is 1220. The van der Waals surface area contributed by atoms with E-state index in [0.29, 0.717) is 30.1 Å². The third-order valence-corrected chi connectivity index (χ3v) is 5.52. The number of hydrogen-bond donors (Lipinski definition) is 0. The molecule has 0 aromatic heterocycles. The molecule has 0 spiro atoms. The van der Waals surface area contributed by atoms with Gasteiger partial charge in [-0.1, -0.05) is 18.2 Å². The minimum atomic E-state index is -0.510. The number of unbranched alkanes of at least 4 members (excludes halogenated alkanes) is 2. The molecule has 192 valence electrons. The van der Waals surface area contributed by atoms with Crippen LogP contribution in [0.3, 0.4) is 0 Å². The molecule has 0 aliphatic rings. The molecule has 37 heavy (non-hydrogen) atoms. The van der Waals surface area contributed by atoms with E-state index in [0.717, 1.165) is 30.7 Å². The number of hydrogen-bond acceptors (Lipinski definition) is 6. The fourth-order valence-corrected chi connectivity index (χ4v) is 3.76. The molecule has 0 aliphatic heterocycles. The van der Waals surface area contributed by atoms with Gasteiger partial charge in [-0.3, -0.25) is 9.59 Å². The molecule has 0 saturated carbocycles. The SMILES string of the molecule is CC(=O)Oc1cc(OCCCCCOc2ccc(C#N)cc2)ccc1C(=O)N(c1ccccc1)C(C)C. The molecule has 0 saturated heterocycles. The number of rotatable bonds is 12. The first-order valence-corrected chi connectivity index (χ1v) is 12.4. The summed E-state index contributed by atoms with van der Waals surface area (Å²) in [5.41, 5.74) is 1.66. The Morgan fingerprint density at radius 3 is 2.08 bits per heavy atom. The molecule has 7 nitrogen and oxygen atoms in total. The second-order valence-corrected chi connectivity index (χ2v) is 8.75. The van der Waals surface area contributed by atoms with Crippen molar-refractivity contribution in [1.29, 1.82) is 5.26 Å². The van der Waals surface area contributed by atoms with E-state index in [1.807, 2.05) is 44.2 Å². The van der Waals surface area contributed by atoms with E-state index in [2.05, 4.69) is 6.07 Å². The van der Waals surface area contributed by atoms with Gasteiger partial charge in [0.2, 0.25) is 0 Å². The Morgan fingerprint density at radius 2 is 1.49 bits per heavy atom. The van der Waals surface area contributed by atoms with Crippen molar-refractivity contribution in [3.63, 3.8) is 0 Å². The third kappa shape index (κ3) is 8.11. The van der Waals surface area contributed by atoms with Crippen LogP contribution in [0.5, 0.6) is 17.2 Å². The number of carbonyl (C=O) groups is 2. The maximum absolute atomic E-state index is 13.5. The maximum Gasteiger partial charge on any atom is 0.308 e. The average Bonchev–Trinajstić information content (AvgIpc) is 2.88. The Hall–Kier alpha value is -4.31. The molecule has 0 fully saturated rings. The van der Waals surface area contributed by atoms with Crippen LogP contribution in [0.25, 0.3) is 0 Å². The van der Waals surface area contributed by atoms with E-state index < -0.39 is 5.97 Å². The minimum Gasteiger partial charge on any atom is -0.494 e. The van der Waals surface area contributed by atoms with E-state index in [4.69, 9.17) is 19.5 Å². The van der Waals surface area contributed by atoms with Gasteiger partial charge in [0.1, 0.15) is 17.2 Å². The van der Waals surface area contributed by atoms with Crippen LogP contribution in [0, 0.1) is 11.3 Å². The van der Waals surface area contributed by atoms with Gasteiger partial charge in [-0.05, 0) is 81.6 Å². The van der Waals surface area contributed by atoms with Crippen LogP contribution >= 0.6 is 0 Å². The molecule has 3 aromatic rings. The van der Waals surface area contributed by atoms with Crippen molar-refractivity contribution < 1.29 is 23.8 Å². The molecule has 3 aromatic carbocycles. The summed E-state index contributed by atoms with van der Waals surface area (Å²) in [4.78, 5) is 26.9. The zero-order chi connectivity index (χ0) is 26.6. The molecular formula is C30H32N2O5. The first kappa shape index (κ1) is 27.3. The highest BCUT2D eigenvalue weighted by atomic mass is 16.5.